The molecule has 2 heterocycles. The van der Waals surface area contributed by atoms with Gasteiger partial charge in [-0.2, -0.15) is 0 Å². The third kappa shape index (κ3) is 2.26. The number of hydrogen-bond donors (Lipinski definition) is 1. The summed E-state index contributed by atoms with van der Waals surface area (Å²) in [7, 11) is -0.322. The van der Waals surface area contributed by atoms with Crippen LogP contribution >= 0.6 is 0 Å². The largest absolute Gasteiger partial charge is 0.498 e. The van der Waals surface area contributed by atoms with Gasteiger partial charge in [0.1, 0.15) is 12.4 Å². The molecule has 5 heteroatoms. The van der Waals surface area contributed by atoms with Gasteiger partial charge in [-0.25, -0.2) is 0 Å². The van der Waals surface area contributed by atoms with Crippen LogP contribution in [0.4, 0.5) is 0 Å². The summed E-state index contributed by atoms with van der Waals surface area (Å²) in [5.41, 5.74) is 7.80. The minimum Gasteiger partial charge on any atom is -0.491 e. The molecule has 2 atom stereocenters. The lowest BCUT2D eigenvalue weighted by atomic mass is 9.77. The molecule has 3 rings (SSSR count). The number of benzene rings is 1. The van der Waals surface area contributed by atoms with Crippen molar-refractivity contribution in [1.29, 1.82) is 0 Å². The third-order valence-electron chi connectivity index (χ3n) is 3.01. The normalized spacial score (nSPS) is 24.6. The molecule has 0 saturated carbocycles. The number of ether oxygens (including phenoxy) is 1. The van der Waals surface area contributed by atoms with Gasteiger partial charge in [-0.05, 0) is 18.6 Å². The molecule has 0 bridgehead atoms. The summed E-state index contributed by atoms with van der Waals surface area (Å²) in [5.74, 6) is 0.864. The summed E-state index contributed by atoms with van der Waals surface area (Å²) in [4.78, 5) is 0. The third-order valence-corrected chi connectivity index (χ3v) is 3.01. The lowest BCUT2D eigenvalue weighted by Gasteiger charge is -2.15. The average molecular weight is 249 g/mol. The topological polar surface area (TPSA) is 53.7 Å². The molecule has 0 fully saturated rings. The van der Waals surface area contributed by atoms with E-state index in [4.69, 9.17) is 19.8 Å². The molecule has 0 saturated heterocycles. The Labute approximate surface area is 109 Å². The minimum absolute atomic E-state index is 0.0294. The van der Waals surface area contributed by atoms with E-state index in [-0.39, 0.29) is 19.3 Å². The minimum atomic E-state index is -0.322. The van der Waals surface area contributed by atoms with Crippen LogP contribution in [-0.4, -0.2) is 26.4 Å². The highest BCUT2D eigenvalue weighted by Gasteiger charge is 2.42. The van der Waals surface area contributed by atoms with Crippen LogP contribution in [0, 0.1) is 0 Å². The first-order valence-corrected chi connectivity index (χ1v) is 6.56. The fraction of sp³-hybridized carbons (Fsp3) is 0.538. The van der Waals surface area contributed by atoms with E-state index in [9.17, 15) is 0 Å². The molecule has 0 aliphatic carbocycles. The van der Waals surface area contributed by atoms with Gasteiger partial charge in [0.05, 0.1) is 12.2 Å². The van der Waals surface area contributed by atoms with Crippen LogP contribution in [0.25, 0.3) is 0 Å². The maximum Gasteiger partial charge on any atom is 0.498 e. The summed E-state index contributed by atoms with van der Waals surface area (Å²) in [6.45, 7) is 7.00. The quantitative estimate of drug-likeness (QED) is 0.761. The molecule has 2 aliphatic rings. The lowest BCUT2D eigenvalue weighted by Crippen LogP contribution is -2.34. The van der Waals surface area contributed by atoms with E-state index < -0.39 is 0 Å². The van der Waals surface area contributed by atoms with Crippen molar-refractivity contribution in [2.45, 2.75) is 33.0 Å². The van der Waals surface area contributed by atoms with Gasteiger partial charge in [-0.3, -0.25) is 0 Å². The van der Waals surface area contributed by atoms with Gasteiger partial charge in [-0.1, -0.05) is 26.0 Å². The van der Waals surface area contributed by atoms with E-state index in [2.05, 4.69) is 0 Å². The Bertz CT molecular complexity index is 413. The maximum absolute atomic E-state index is 5.79. The van der Waals surface area contributed by atoms with E-state index in [1.807, 2.05) is 39.0 Å². The molecule has 0 radical (unpaired) electrons. The zero-order valence-corrected chi connectivity index (χ0v) is 11.2. The lowest BCUT2D eigenvalue weighted by molar-refractivity contribution is 0.101. The second kappa shape index (κ2) is 5.74. The molecular formula is C13H20BNO3. The highest BCUT2D eigenvalue weighted by molar-refractivity contribution is 6.64. The van der Waals surface area contributed by atoms with E-state index in [0.29, 0.717) is 13.2 Å². The van der Waals surface area contributed by atoms with Crippen LogP contribution < -0.4 is 15.9 Å². The number of rotatable bonds is 1. The SMILES string of the molecule is CC.CC1COc2cccc3c2B(O1)OC3CN. The molecule has 0 spiro atoms. The van der Waals surface area contributed by atoms with Gasteiger partial charge in [0.15, 0.2) is 0 Å². The Hall–Kier alpha value is -1.04. The highest BCUT2D eigenvalue weighted by atomic mass is 16.6. The Balaban J connectivity index is 0.000000574. The first kappa shape index (κ1) is 13.4. The van der Waals surface area contributed by atoms with Crippen LogP contribution in [0.1, 0.15) is 32.4 Å². The van der Waals surface area contributed by atoms with Crippen molar-refractivity contribution in [1.82, 2.24) is 0 Å². The summed E-state index contributed by atoms with van der Waals surface area (Å²) >= 11 is 0. The zero-order chi connectivity index (χ0) is 13.1. The second-order valence-electron chi connectivity index (χ2n) is 4.21. The van der Waals surface area contributed by atoms with E-state index in [1.165, 1.54) is 0 Å². The van der Waals surface area contributed by atoms with Crippen LogP contribution in [0.15, 0.2) is 18.2 Å². The van der Waals surface area contributed by atoms with Crippen molar-refractivity contribution < 1.29 is 14.0 Å². The van der Waals surface area contributed by atoms with Crippen molar-refractivity contribution in [3.05, 3.63) is 23.8 Å². The highest BCUT2D eigenvalue weighted by Crippen LogP contribution is 2.30. The van der Waals surface area contributed by atoms with Crippen LogP contribution in [-0.2, 0) is 9.31 Å². The van der Waals surface area contributed by atoms with Crippen molar-refractivity contribution in [3.8, 4) is 5.75 Å². The standard InChI is InChI=1S/C11H14BNO3.C2H6/c1-7-6-14-9-4-2-3-8-10(5-13)16-12(15-7)11(8)9;1-2/h2-4,7,10H,5-6,13H2,1H3;1-2H3. The molecule has 1 aromatic rings. The number of hydrogen-bond acceptors (Lipinski definition) is 4. The van der Waals surface area contributed by atoms with Crippen LogP contribution in [0.2, 0.25) is 0 Å². The Kier molecular flexibility index (Phi) is 4.27. The summed E-state index contributed by atoms with van der Waals surface area (Å²) in [6.07, 6.45) is -0.0457. The monoisotopic (exact) mass is 249 g/mol. The molecule has 2 unspecified atom stereocenters. The van der Waals surface area contributed by atoms with E-state index >= 15 is 0 Å². The fourth-order valence-electron chi connectivity index (χ4n) is 2.25. The molecule has 1 aromatic carbocycles. The molecule has 0 amide bonds. The summed E-state index contributed by atoms with van der Waals surface area (Å²) in [6, 6.07) is 5.95. The fourth-order valence-corrected chi connectivity index (χ4v) is 2.25. The molecule has 18 heavy (non-hydrogen) atoms. The summed E-state index contributed by atoms with van der Waals surface area (Å²) in [5, 5.41) is 0. The van der Waals surface area contributed by atoms with Gasteiger partial charge in [-0.15, -0.1) is 0 Å². The molecule has 4 nitrogen and oxygen atoms in total. The maximum atomic E-state index is 5.79. The van der Waals surface area contributed by atoms with Crippen molar-refractivity contribution in [2.24, 2.45) is 5.73 Å². The molecular weight excluding hydrogens is 229 g/mol. The Morgan fingerprint density at radius 2 is 2.11 bits per heavy atom. The molecule has 0 aromatic heterocycles. The van der Waals surface area contributed by atoms with Gasteiger partial charge in [0.25, 0.3) is 0 Å². The molecule has 98 valence electrons. The summed E-state index contributed by atoms with van der Waals surface area (Å²) < 4.78 is 17.3. The first-order chi connectivity index (χ1) is 8.79. The van der Waals surface area contributed by atoms with Gasteiger partial charge in [0.2, 0.25) is 0 Å². The van der Waals surface area contributed by atoms with Gasteiger partial charge in [0, 0.05) is 12.0 Å². The van der Waals surface area contributed by atoms with Crippen LogP contribution in [0.5, 0.6) is 5.75 Å². The number of nitrogens with two attached hydrogens (primary N) is 1. The zero-order valence-electron chi connectivity index (χ0n) is 11.2. The predicted molar refractivity (Wildman–Crippen MR) is 72.1 cm³/mol. The van der Waals surface area contributed by atoms with Crippen molar-refractivity contribution in [3.63, 3.8) is 0 Å². The van der Waals surface area contributed by atoms with Crippen molar-refractivity contribution >= 4 is 12.6 Å². The van der Waals surface area contributed by atoms with Crippen molar-refractivity contribution in [2.75, 3.05) is 13.2 Å². The van der Waals surface area contributed by atoms with Gasteiger partial charge < -0.3 is 19.8 Å². The first-order valence-electron chi connectivity index (χ1n) is 6.56. The smallest absolute Gasteiger partial charge is 0.491 e. The average Bonchev–Trinajstić information content (AvgIpc) is 2.68. The van der Waals surface area contributed by atoms with Crippen LogP contribution in [0.3, 0.4) is 0 Å². The molecule has 2 aliphatic heterocycles. The predicted octanol–water partition coefficient (Wildman–Crippen LogP) is 1.24. The molecule has 2 N–H and O–H groups in total. The Morgan fingerprint density at radius 3 is 2.83 bits per heavy atom. The van der Waals surface area contributed by atoms with E-state index in [0.717, 1.165) is 16.8 Å². The van der Waals surface area contributed by atoms with Gasteiger partial charge >= 0.3 is 7.12 Å². The second-order valence-corrected chi connectivity index (χ2v) is 4.21. The van der Waals surface area contributed by atoms with E-state index in [1.54, 1.807) is 0 Å². The Morgan fingerprint density at radius 1 is 1.33 bits per heavy atom.